The molecule has 19 aromatic carbocycles. The average molecular weight is 1730 g/mol. The maximum atomic E-state index is 5.11. The van der Waals surface area contributed by atoms with Crippen molar-refractivity contribution in [2.24, 2.45) is 0 Å². The quantitative estimate of drug-likeness (QED) is 0.0928. The van der Waals surface area contributed by atoms with Gasteiger partial charge in [0, 0.05) is 88.2 Å². The molecule has 0 aliphatic rings. The molecule has 12 nitrogen and oxygen atoms in total. The molecule has 634 valence electrons. The van der Waals surface area contributed by atoms with Gasteiger partial charge in [-0.3, -0.25) is 4.57 Å². The molecule has 25 aromatic rings. The molecule has 6 aromatic heterocycles. The molecule has 0 amide bonds. The molecule has 0 aliphatic carbocycles. The minimum absolute atomic E-state index is 0.592. The molecule has 0 saturated carbocycles. The second-order valence-corrected chi connectivity index (χ2v) is 33.2. The largest absolute Gasteiger partial charge is 0.309 e. The number of nitrogens with zero attached hydrogens (tertiary/aromatic N) is 12. The lowest BCUT2D eigenvalue weighted by atomic mass is 10.0. The topological polar surface area (TPSA) is 131 Å². The summed E-state index contributed by atoms with van der Waals surface area (Å²) < 4.78 is 6.79. The van der Waals surface area contributed by atoms with E-state index in [9.17, 15) is 0 Å². The molecule has 12 heteroatoms. The number of aromatic nitrogens is 12. The van der Waals surface area contributed by atoms with Gasteiger partial charge in [-0.05, 0) is 147 Å². The van der Waals surface area contributed by atoms with E-state index in [1.165, 1.54) is 76.6 Å². The molecule has 25 rings (SSSR count). The first-order chi connectivity index (χ1) is 66.9. The van der Waals surface area contributed by atoms with E-state index in [1.54, 1.807) is 0 Å². The predicted octanol–water partition coefficient (Wildman–Crippen LogP) is 30.6. The molecule has 135 heavy (non-hydrogen) atoms. The highest BCUT2D eigenvalue weighted by molar-refractivity contribution is 6.11. The summed E-state index contributed by atoms with van der Waals surface area (Å²) >= 11 is 0. The van der Waals surface area contributed by atoms with Gasteiger partial charge in [-0.15, -0.1) is 0 Å². The Kier molecular flexibility index (Phi) is 21.8. The standard InChI is InChI=1S/C45H30N4.2C39H26N4/c1-3-11-31(12-4-1)33-19-23-35(24-20-33)43-46-44(36-25-21-34(22-26-36)32-13-5-2-6-14-32)48-45(47-43)37-27-29-38(30-28-37)49-41-17-9-7-15-39(41)40-16-8-10-18-42(40)49;1-3-12-27(13-4-1)29-22-24-30(25-23-29)37-40-38(32-17-11-16-31(26-32)28-14-5-2-6-15-28)42-39(41-37)43-35-20-9-7-18-33(35)34-19-8-10-21-36(34)43;1-3-11-27(12-4-1)28-19-21-30(22-20-28)38-40-37(29-13-5-2-6-14-29)41-39(42-38)31-23-25-32(26-24-31)43-35-17-9-7-15-33(35)34-16-8-10-18-36(34)43/h1-30H;2*1-26H. The van der Waals surface area contributed by atoms with E-state index in [0.29, 0.717) is 52.5 Å². The van der Waals surface area contributed by atoms with Gasteiger partial charge in [0.05, 0.1) is 33.1 Å². The van der Waals surface area contributed by atoms with Crippen LogP contribution in [0.4, 0.5) is 0 Å². The van der Waals surface area contributed by atoms with Crippen LogP contribution in [0.1, 0.15) is 0 Å². The van der Waals surface area contributed by atoms with Gasteiger partial charge in [-0.2, -0.15) is 9.97 Å². The summed E-state index contributed by atoms with van der Waals surface area (Å²) in [4.78, 5) is 45.1. The highest BCUT2D eigenvalue weighted by Gasteiger charge is 2.23. The van der Waals surface area contributed by atoms with E-state index in [2.05, 4.69) is 450 Å². The molecule has 0 saturated heterocycles. The molecule has 0 atom stereocenters. The fourth-order valence-corrected chi connectivity index (χ4v) is 18.1. The van der Waals surface area contributed by atoms with Gasteiger partial charge >= 0.3 is 0 Å². The van der Waals surface area contributed by atoms with Crippen LogP contribution in [0, 0.1) is 0 Å². The zero-order chi connectivity index (χ0) is 89.8. The van der Waals surface area contributed by atoms with Crippen LogP contribution in [0.3, 0.4) is 0 Å². The zero-order valence-corrected chi connectivity index (χ0v) is 73.2. The zero-order valence-electron chi connectivity index (χ0n) is 73.2. The summed E-state index contributed by atoms with van der Waals surface area (Å²) in [5.74, 6) is 5.71. The van der Waals surface area contributed by atoms with E-state index >= 15 is 0 Å². The number of fused-ring (bicyclic) bond motifs is 9. The van der Waals surface area contributed by atoms with Gasteiger partial charge in [-0.25, -0.2) is 34.9 Å². The Morgan fingerprint density at radius 3 is 0.533 bits per heavy atom. The maximum Gasteiger partial charge on any atom is 0.238 e. The van der Waals surface area contributed by atoms with Crippen molar-refractivity contribution in [3.05, 3.63) is 497 Å². The Morgan fingerprint density at radius 1 is 0.111 bits per heavy atom. The van der Waals surface area contributed by atoms with Crippen molar-refractivity contribution in [1.29, 1.82) is 0 Å². The summed E-state index contributed by atoms with van der Waals surface area (Å²) in [6.45, 7) is 0. The molecule has 0 radical (unpaired) electrons. The molecule has 0 N–H and O–H groups in total. The Bertz CT molecular complexity index is 8310. The molecule has 0 bridgehead atoms. The van der Waals surface area contributed by atoms with Crippen LogP contribution in [0.15, 0.2) is 497 Å². The van der Waals surface area contributed by atoms with Crippen LogP contribution in [0.5, 0.6) is 0 Å². The second-order valence-electron chi connectivity index (χ2n) is 33.2. The minimum atomic E-state index is 0.592. The molecule has 0 aliphatic heterocycles. The van der Waals surface area contributed by atoms with Gasteiger partial charge in [0.25, 0.3) is 0 Å². The molecule has 6 heterocycles. The van der Waals surface area contributed by atoms with Crippen molar-refractivity contribution in [3.63, 3.8) is 0 Å². The second kappa shape index (κ2) is 36.3. The Hall–Kier alpha value is -18.4. The van der Waals surface area contributed by atoms with Crippen molar-refractivity contribution in [2.75, 3.05) is 0 Å². The summed E-state index contributed by atoms with van der Waals surface area (Å²) in [6.07, 6.45) is 0. The van der Waals surface area contributed by atoms with Crippen molar-refractivity contribution < 1.29 is 0 Å². The van der Waals surface area contributed by atoms with Crippen molar-refractivity contribution in [2.45, 2.75) is 0 Å². The van der Waals surface area contributed by atoms with Crippen molar-refractivity contribution in [1.82, 2.24) is 58.6 Å². The highest BCUT2D eigenvalue weighted by Crippen LogP contribution is 2.40. The Labute approximate surface area is 780 Å². The third-order valence-electron chi connectivity index (χ3n) is 24.9. The Morgan fingerprint density at radius 2 is 0.274 bits per heavy atom. The average Bonchev–Trinajstić information content (AvgIpc) is 1.61. The van der Waals surface area contributed by atoms with E-state index in [0.717, 1.165) is 100 Å². The number of para-hydroxylation sites is 6. The van der Waals surface area contributed by atoms with Gasteiger partial charge in [0.15, 0.2) is 46.6 Å². The lowest BCUT2D eigenvalue weighted by Gasteiger charge is -2.12. The van der Waals surface area contributed by atoms with Crippen LogP contribution in [-0.4, -0.2) is 58.6 Å². The van der Waals surface area contributed by atoms with E-state index in [4.69, 9.17) is 44.9 Å². The SMILES string of the molecule is c1ccc(-c2ccc(-c3nc(-c4ccc(-c5ccccc5)cc4)nc(-c4ccc(-n5c6ccccc6c6ccccc65)cc4)n3)cc2)cc1.c1ccc(-c2ccc(-c3nc(-c4cccc(-c5ccccc5)c4)nc(-n4c5ccccc5c5ccccc54)n3)cc2)cc1.c1ccc(-c2ccc(-c3nc(-c4ccccc4)nc(-c4ccc(-n5c6ccccc6c6ccccc65)cc4)n3)cc2)cc1. The summed E-state index contributed by atoms with van der Waals surface area (Å²) in [5, 5.41) is 7.31. The molecule has 0 unspecified atom stereocenters. The van der Waals surface area contributed by atoms with Crippen LogP contribution in [0.2, 0.25) is 0 Å². The Balaban J connectivity index is 0.000000114. The number of hydrogen-bond donors (Lipinski definition) is 0. The molecular weight excluding hydrogens is 1650 g/mol. The smallest absolute Gasteiger partial charge is 0.238 e. The van der Waals surface area contributed by atoms with Crippen LogP contribution in [-0.2, 0) is 0 Å². The van der Waals surface area contributed by atoms with Crippen LogP contribution in [0.25, 0.3) is 229 Å². The predicted molar refractivity (Wildman–Crippen MR) is 553 cm³/mol. The fraction of sp³-hybridized carbons (Fsp3) is 0. The third-order valence-corrected chi connectivity index (χ3v) is 24.9. The monoisotopic (exact) mass is 1730 g/mol. The number of hydrogen-bond acceptors (Lipinski definition) is 9. The first-order valence-corrected chi connectivity index (χ1v) is 45.2. The van der Waals surface area contributed by atoms with E-state index in [-0.39, 0.29) is 0 Å². The van der Waals surface area contributed by atoms with Gasteiger partial charge in [0.1, 0.15) is 0 Å². The maximum absolute atomic E-state index is 5.11. The molecule has 0 fully saturated rings. The third kappa shape index (κ3) is 16.4. The summed E-state index contributed by atoms with van der Waals surface area (Å²) in [5.41, 5.74) is 28.1. The van der Waals surface area contributed by atoms with Crippen molar-refractivity contribution >= 4 is 65.4 Å². The van der Waals surface area contributed by atoms with Gasteiger partial charge in [-0.1, -0.05) is 406 Å². The van der Waals surface area contributed by atoms with Crippen LogP contribution < -0.4 is 0 Å². The lowest BCUT2D eigenvalue weighted by molar-refractivity contribution is 0.953. The first-order valence-electron chi connectivity index (χ1n) is 45.2. The van der Waals surface area contributed by atoms with Gasteiger partial charge in [0.2, 0.25) is 5.95 Å². The molecule has 0 spiro atoms. The highest BCUT2D eigenvalue weighted by atomic mass is 15.2. The van der Waals surface area contributed by atoms with Crippen molar-refractivity contribution in [3.8, 4) is 164 Å². The van der Waals surface area contributed by atoms with Crippen LogP contribution >= 0.6 is 0 Å². The lowest BCUT2D eigenvalue weighted by Crippen LogP contribution is -2.06. The van der Waals surface area contributed by atoms with Gasteiger partial charge < -0.3 is 9.13 Å². The minimum Gasteiger partial charge on any atom is -0.309 e. The van der Waals surface area contributed by atoms with E-state index < -0.39 is 0 Å². The fourth-order valence-electron chi connectivity index (χ4n) is 18.1. The first kappa shape index (κ1) is 81.1. The summed E-state index contributed by atoms with van der Waals surface area (Å²) in [7, 11) is 0. The number of benzene rings is 19. The summed E-state index contributed by atoms with van der Waals surface area (Å²) in [6, 6.07) is 172. The normalized spacial score (nSPS) is 11.3. The molecular formula is C123H82N12. The van der Waals surface area contributed by atoms with E-state index in [1.807, 2.05) is 60.7 Å². The number of rotatable bonds is 16.